The van der Waals surface area contributed by atoms with Gasteiger partial charge >= 0.3 is 0 Å². The Kier molecular flexibility index (Phi) is 2.76. The first-order valence-corrected chi connectivity index (χ1v) is 5.58. The van der Waals surface area contributed by atoms with E-state index in [0.29, 0.717) is 0 Å². The van der Waals surface area contributed by atoms with E-state index in [9.17, 15) is 0 Å². The summed E-state index contributed by atoms with van der Waals surface area (Å²) in [5, 5.41) is 0. The number of hydrogen-bond acceptors (Lipinski definition) is 1. The third kappa shape index (κ3) is 2.20. The Morgan fingerprint density at radius 3 is 2.87 bits per heavy atom. The second-order valence-corrected chi connectivity index (χ2v) is 4.61. The van der Waals surface area contributed by atoms with E-state index in [1.165, 1.54) is 17.5 Å². The molecule has 0 N–H and O–H groups in total. The van der Waals surface area contributed by atoms with E-state index in [0.717, 1.165) is 18.0 Å². The van der Waals surface area contributed by atoms with E-state index in [2.05, 4.69) is 48.5 Å². The maximum absolute atomic E-state index is 4.40. The van der Waals surface area contributed by atoms with Gasteiger partial charge in [0.15, 0.2) is 0 Å². The molecule has 2 heteroatoms. The molecular formula is C13H18N2. The van der Waals surface area contributed by atoms with Gasteiger partial charge in [-0.3, -0.25) is 0 Å². The first kappa shape index (κ1) is 10.2. The molecule has 0 saturated carbocycles. The van der Waals surface area contributed by atoms with Crippen molar-refractivity contribution in [1.82, 2.24) is 9.55 Å². The van der Waals surface area contributed by atoms with Crippen molar-refractivity contribution >= 4 is 11.0 Å². The number of nitrogens with zero attached hydrogens (tertiary/aromatic N) is 2. The Balaban J connectivity index is 2.31. The fraction of sp³-hybridized carbons (Fsp3) is 0.462. The van der Waals surface area contributed by atoms with Gasteiger partial charge in [-0.25, -0.2) is 4.98 Å². The molecule has 1 heterocycles. The van der Waals surface area contributed by atoms with E-state index in [1.54, 1.807) is 0 Å². The van der Waals surface area contributed by atoms with Gasteiger partial charge in [0, 0.05) is 6.54 Å². The summed E-state index contributed by atoms with van der Waals surface area (Å²) in [6.07, 6.45) is 3.16. The Morgan fingerprint density at radius 2 is 2.13 bits per heavy atom. The van der Waals surface area contributed by atoms with E-state index in [1.807, 2.05) is 6.33 Å². The van der Waals surface area contributed by atoms with Crippen LogP contribution in [0.1, 0.15) is 25.8 Å². The fourth-order valence-corrected chi connectivity index (χ4v) is 1.74. The van der Waals surface area contributed by atoms with Crippen LogP contribution in [-0.2, 0) is 6.54 Å². The van der Waals surface area contributed by atoms with Gasteiger partial charge < -0.3 is 4.57 Å². The minimum atomic E-state index is 0.743. The van der Waals surface area contributed by atoms with Crippen LogP contribution in [-0.4, -0.2) is 9.55 Å². The third-order valence-corrected chi connectivity index (χ3v) is 2.72. The van der Waals surface area contributed by atoms with Crippen LogP contribution in [0, 0.1) is 12.8 Å². The zero-order valence-electron chi connectivity index (χ0n) is 9.70. The van der Waals surface area contributed by atoms with Crippen LogP contribution in [0.5, 0.6) is 0 Å². The molecule has 1 aromatic heterocycles. The lowest BCUT2D eigenvalue weighted by Gasteiger charge is -2.06. The number of aryl methyl sites for hydroxylation is 2. The topological polar surface area (TPSA) is 17.8 Å². The van der Waals surface area contributed by atoms with Crippen molar-refractivity contribution in [3.8, 4) is 0 Å². The number of aromatic nitrogens is 2. The lowest BCUT2D eigenvalue weighted by atomic mass is 10.1. The summed E-state index contributed by atoms with van der Waals surface area (Å²) in [6.45, 7) is 7.70. The van der Waals surface area contributed by atoms with Gasteiger partial charge in [-0.05, 0) is 37.0 Å². The standard InChI is InChI=1S/C13H18N2/c1-10(2)6-7-15-9-14-12-5-4-11(3)8-13(12)15/h4-5,8-10H,6-7H2,1-3H3. The summed E-state index contributed by atoms with van der Waals surface area (Å²) >= 11 is 0. The Morgan fingerprint density at radius 1 is 1.33 bits per heavy atom. The van der Waals surface area contributed by atoms with Crippen LogP contribution in [0.15, 0.2) is 24.5 Å². The molecule has 0 spiro atoms. The third-order valence-electron chi connectivity index (χ3n) is 2.72. The summed E-state index contributed by atoms with van der Waals surface area (Å²) in [7, 11) is 0. The van der Waals surface area contributed by atoms with Crippen LogP contribution < -0.4 is 0 Å². The van der Waals surface area contributed by atoms with Crippen LogP contribution in [0.4, 0.5) is 0 Å². The fourth-order valence-electron chi connectivity index (χ4n) is 1.74. The minimum absolute atomic E-state index is 0.743. The SMILES string of the molecule is Cc1ccc2ncn(CCC(C)C)c2c1. The Labute approximate surface area is 90.9 Å². The van der Waals surface area contributed by atoms with Crippen molar-refractivity contribution in [3.63, 3.8) is 0 Å². The molecule has 15 heavy (non-hydrogen) atoms. The molecule has 0 saturated heterocycles. The van der Waals surface area contributed by atoms with Crippen molar-refractivity contribution in [2.75, 3.05) is 0 Å². The summed E-state index contributed by atoms with van der Waals surface area (Å²) < 4.78 is 2.25. The van der Waals surface area contributed by atoms with E-state index >= 15 is 0 Å². The molecule has 0 radical (unpaired) electrons. The molecule has 1 aromatic carbocycles. The number of imidazole rings is 1. The first-order chi connectivity index (χ1) is 7.16. The van der Waals surface area contributed by atoms with E-state index in [-0.39, 0.29) is 0 Å². The van der Waals surface area contributed by atoms with Crippen molar-refractivity contribution in [1.29, 1.82) is 0 Å². The van der Waals surface area contributed by atoms with E-state index < -0.39 is 0 Å². The maximum atomic E-state index is 4.40. The smallest absolute Gasteiger partial charge is 0.0958 e. The van der Waals surface area contributed by atoms with Gasteiger partial charge in [-0.2, -0.15) is 0 Å². The minimum Gasteiger partial charge on any atom is -0.331 e. The second kappa shape index (κ2) is 4.05. The highest BCUT2D eigenvalue weighted by atomic mass is 15.0. The number of benzene rings is 1. The van der Waals surface area contributed by atoms with Crippen molar-refractivity contribution in [2.24, 2.45) is 5.92 Å². The molecule has 0 aliphatic rings. The number of rotatable bonds is 3. The summed E-state index contributed by atoms with van der Waals surface area (Å²) in [5.74, 6) is 0.743. The van der Waals surface area contributed by atoms with Crippen LogP contribution in [0.2, 0.25) is 0 Å². The zero-order valence-corrected chi connectivity index (χ0v) is 9.70. The molecule has 0 aliphatic heterocycles. The molecule has 2 nitrogen and oxygen atoms in total. The first-order valence-electron chi connectivity index (χ1n) is 5.58. The molecule has 0 amide bonds. The highest BCUT2D eigenvalue weighted by Gasteiger charge is 2.03. The molecule has 0 bridgehead atoms. The van der Waals surface area contributed by atoms with Gasteiger partial charge in [-0.1, -0.05) is 19.9 Å². The predicted molar refractivity (Wildman–Crippen MR) is 63.9 cm³/mol. The molecule has 80 valence electrons. The van der Waals surface area contributed by atoms with Crippen molar-refractivity contribution in [2.45, 2.75) is 33.7 Å². The van der Waals surface area contributed by atoms with Gasteiger partial charge in [-0.15, -0.1) is 0 Å². The van der Waals surface area contributed by atoms with Gasteiger partial charge in [0.2, 0.25) is 0 Å². The van der Waals surface area contributed by atoms with Gasteiger partial charge in [0.1, 0.15) is 0 Å². The molecule has 2 aromatic rings. The molecule has 2 rings (SSSR count). The largest absolute Gasteiger partial charge is 0.331 e. The Bertz CT molecular complexity index is 455. The molecular weight excluding hydrogens is 184 g/mol. The molecule has 0 aliphatic carbocycles. The monoisotopic (exact) mass is 202 g/mol. The van der Waals surface area contributed by atoms with Gasteiger partial charge in [0.05, 0.1) is 17.4 Å². The quantitative estimate of drug-likeness (QED) is 0.746. The average molecular weight is 202 g/mol. The van der Waals surface area contributed by atoms with Crippen molar-refractivity contribution in [3.05, 3.63) is 30.1 Å². The molecule has 0 unspecified atom stereocenters. The summed E-state index contributed by atoms with van der Waals surface area (Å²) in [5.41, 5.74) is 3.66. The number of hydrogen-bond donors (Lipinski definition) is 0. The second-order valence-electron chi connectivity index (χ2n) is 4.61. The number of fused-ring (bicyclic) bond motifs is 1. The highest BCUT2D eigenvalue weighted by Crippen LogP contribution is 2.15. The normalized spacial score (nSPS) is 11.5. The maximum Gasteiger partial charge on any atom is 0.0958 e. The van der Waals surface area contributed by atoms with Gasteiger partial charge in [0.25, 0.3) is 0 Å². The predicted octanol–water partition coefficient (Wildman–Crippen LogP) is 3.39. The highest BCUT2D eigenvalue weighted by molar-refractivity contribution is 5.75. The van der Waals surface area contributed by atoms with Crippen LogP contribution >= 0.6 is 0 Å². The lowest BCUT2D eigenvalue weighted by Crippen LogP contribution is -1.99. The summed E-state index contributed by atoms with van der Waals surface area (Å²) in [4.78, 5) is 4.40. The lowest BCUT2D eigenvalue weighted by molar-refractivity contribution is 0.523. The molecule has 0 atom stereocenters. The zero-order chi connectivity index (χ0) is 10.8. The van der Waals surface area contributed by atoms with Crippen molar-refractivity contribution < 1.29 is 0 Å². The average Bonchev–Trinajstić information content (AvgIpc) is 2.57. The van der Waals surface area contributed by atoms with Crippen LogP contribution in [0.3, 0.4) is 0 Å². The molecule has 0 fully saturated rings. The Hall–Kier alpha value is -1.31. The van der Waals surface area contributed by atoms with Crippen LogP contribution in [0.25, 0.3) is 11.0 Å². The summed E-state index contributed by atoms with van der Waals surface area (Å²) in [6, 6.07) is 6.42. The van der Waals surface area contributed by atoms with E-state index in [4.69, 9.17) is 0 Å².